The zero-order valence-corrected chi connectivity index (χ0v) is 12.1. The second-order valence-corrected chi connectivity index (χ2v) is 5.89. The number of hydrogen-bond acceptors (Lipinski definition) is 2. The molecule has 100 valence electrons. The summed E-state index contributed by atoms with van der Waals surface area (Å²) < 4.78 is 0. The molecule has 1 aliphatic rings. The summed E-state index contributed by atoms with van der Waals surface area (Å²) in [4.78, 5) is 2.38. The Labute approximate surface area is 115 Å². The average Bonchev–Trinajstić information content (AvgIpc) is 2.37. The molecule has 0 aromatic heterocycles. The van der Waals surface area contributed by atoms with E-state index in [1.807, 2.05) is 12.1 Å². The van der Waals surface area contributed by atoms with Crippen molar-refractivity contribution in [3.63, 3.8) is 0 Å². The van der Waals surface area contributed by atoms with Crippen molar-refractivity contribution < 1.29 is 0 Å². The van der Waals surface area contributed by atoms with Gasteiger partial charge < -0.3 is 10.6 Å². The summed E-state index contributed by atoms with van der Waals surface area (Å²) in [5, 5.41) is 0.783. The molecule has 2 rings (SSSR count). The van der Waals surface area contributed by atoms with Gasteiger partial charge in [0.05, 0.1) is 0 Å². The third-order valence-electron chi connectivity index (χ3n) is 4.13. The number of benzene rings is 1. The van der Waals surface area contributed by atoms with Crippen molar-refractivity contribution in [3.05, 3.63) is 28.8 Å². The second kappa shape index (κ2) is 5.94. The highest BCUT2D eigenvalue weighted by Gasteiger charge is 2.24. The van der Waals surface area contributed by atoms with E-state index in [0.29, 0.717) is 12.6 Å². The standard InChI is InChI=1S/C15H23ClN2/c1-11-5-3-6-12(9-11)18(2)15-8-4-7-14(16)13(15)10-17/h4,7-8,11-12H,3,5-6,9-10,17H2,1-2H3. The lowest BCUT2D eigenvalue weighted by atomic mass is 9.86. The monoisotopic (exact) mass is 266 g/mol. The van der Waals surface area contributed by atoms with E-state index in [9.17, 15) is 0 Å². The molecule has 0 saturated heterocycles. The Morgan fingerprint density at radius 2 is 2.17 bits per heavy atom. The van der Waals surface area contributed by atoms with E-state index < -0.39 is 0 Å². The minimum atomic E-state index is 0.502. The number of rotatable bonds is 3. The van der Waals surface area contributed by atoms with Gasteiger partial charge in [-0.25, -0.2) is 0 Å². The Hall–Kier alpha value is -0.730. The van der Waals surface area contributed by atoms with E-state index in [2.05, 4.69) is 24.9 Å². The topological polar surface area (TPSA) is 29.3 Å². The minimum absolute atomic E-state index is 0.502. The van der Waals surface area contributed by atoms with Gasteiger partial charge in [-0.2, -0.15) is 0 Å². The van der Waals surface area contributed by atoms with E-state index in [1.165, 1.54) is 31.4 Å². The first-order valence-corrected chi connectivity index (χ1v) is 7.21. The summed E-state index contributed by atoms with van der Waals surface area (Å²) in [6, 6.07) is 6.69. The first-order chi connectivity index (χ1) is 8.63. The van der Waals surface area contributed by atoms with E-state index in [0.717, 1.165) is 16.5 Å². The summed E-state index contributed by atoms with van der Waals surface area (Å²) in [6.07, 6.45) is 5.24. The molecule has 1 fully saturated rings. The molecule has 0 heterocycles. The number of halogens is 1. The lowest BCUT2D eigenvalue weighted by molar-refractivity contribution is 0.336. The van der Waals surface area contributed by atoms with Crippen LogP contribution in [0.15, 0.2) is 18.2 Å². The van der Waals surface area contributed by atoms with Crippen LogP contribution in [0.2, 0.25) is 5.02 Å². The van der Waals surface area contributed by atoms with E-state index in [-0.39, 0.29) is 0 Å². The summed E-state index contributed by atoms with van der Waals surface area (Å²) in [5.41, 5.74) is 8.10. The van der Waals surface area contributed by atoms with Gasteiger partial charge in [0, 0.05) is 35.9 Å². The molecule has 2 nitrogen and oxygen atoms in total. The second-order valence-electron chi connectivity index (χ2n) is 5.48. The highest BCUT2D eigenvalue weighted by Crippen LogP contribution is 2.33. The van der Waals surface area contributed by atoms with Crippen molar-refractivity contribution >= 4 is 17.3 Å². The fraction of sp³-hybridized carbons (Fsp3) is 0.600. The first-order valence-electron chi connectivity index (χ1n) is 6.83. The highest BCUT2D eigenvalue weighted by molar-refractivity contribution is 6.31. The van der Waals surface area contributed by atoms with Gasteiger partial charge in [0.1, 0.15) is 0 Å². The fourth-order valence-electron chi connectivity index (χ4n) is 3.03. The Kier molecular flexibility index (Phi) is 4.52. The molecule has 0 bridgehead atoms. The number of hydrogen-bond donors (Lipinski definition) is 1. The summed E-state index contributed by atoms with van der Waals surface area (Å²) in [6.45, 7) is 2.85. The lowest BCUT2D eigenvalue weighted by Gasteiger charge is -2.36. The SMILES string of the molecule is CC1CCCC(N(C)c2cccc(Cl)c2CN)C1. The summed E-state index contributed by atoms with van der Waals surface area (Å²) in [5.74, 6) is 0.826. The van der Waals surface area contributed by atoms with Crippen molar-refractivity contribution in [1.82, 2.24) is 0 Å². The van der Waals surface area contributed by atoms with E-state index in [1.54, 1.807) is 0 Å². The first kappa shape index (κ1) is 13.7. The van der Waals surface area contributed by atoms with Crippen LogP contribution in [-0.2, 0) is 6.54 Å². The summed E-state index contributed by atoms with van der Waals surface area (Å²) in [7, 11) is 2.17. The van der Waals surface area contributed by atoms with Crippen LogP contribution < -0.4 is 10.6 Å². The number of nitrogens with two attached hydrogens (primary N) is 1. The van der Waals surface area contributed by atoms with Crippen LogP contribution in [0.1, 0.15) is 38.2 Å². The van der Waals surface area contributed by atoms with Crippen LogP contribution in [-0.4, -0.2) is 13.1 Å². The number of nitrogens with zero attached hydrogens (tertiary/aromatic N) is 1. The summed E-state index contributed by atoms with van der Waals surface area (Å²) >= 11 is 6.23. The molecule has 1 aromatic rings. The molecule has 3 heteroatoms. The number of anilines is 1. The van der Waals surface area contributed by atoms with E-state index in [4.69, 9.17) is 17.3 Å². The fourth-order valence-corrected chi connectivity index (χ4v) is 3.28. The average molecular weight is 267 g/mol. The third-order valence-corrected chi connectivity index (χ3v) is 4.49. The van der Waals surface area contributed by atoms with Crippen molar-refractivity contribution in [2.75, 3.05) is 11.9 Å². The predicted molar refractivity (Wildman–Crippen MR) is 79.2 cm³/mol. The maximum Gasteiger partial charge on any atom is 0.0471 e. The van der Waals surface area contributed by atoms with Crippen molar-refractivity contribution in [3.8, 4) is 0 Å². The van der Waals surface area contributed by atoms with E-state index >= 15 is 0 Å². The Morgan fingerprint density at radius 1 is 1.39 bits per heavy atom. The zero-order chi connectivity index (χ0) is 13.1. The molecule has 2 unspecified atom stereocenters. The molecule has 0 aliphatic heterocycles. The van der Waals surface area contributed by atoms with Crippen LogP contribution in [0.3, 0.4) is 0 Å². The molecule has 0 spiro atoms. The quantitative estimate of drug-likeness (QED) is 0.901. The molecular weight excluding hydrogens is 244 g/mol. The van der Waals surface area contributed by atoms with Gasteiger partial charge in [0.25, 0.3) is 0 Å². The molecule has 0 amide bonds. The van der Waals surface area contributed by atoms with Gasteiger partial charge in [0.15, 0.2) is 0 Å². The van der Waals surface area contributed by atoms with Gasteiger partial charge in [0.2, 0.25) is 0 Å². The molecule has 1 saturated carbocycles. The minimum Gasteiger partial charge on any atom is -0.371 e. The molecule has 2 N–H and O–H groups in total. The van der Waals surface area contributed by atoms with Gasteiger partial charge in [-0.15, -0.1) is 0 Å². The molecule has 18 heavy (non-hydrogen) atoms. The molecule has 1 aromatic carbocycles. The smallest absolute Gasteiger partial charge is 0.0471 e. The normalized spacial score (nSPS) is 24.0. The van der Waals surface area contributed by atoms with Gasteiger partial charge in [-0.3, -0.25) is 0 Å². The Balaban J connectivity index is 2.22. The maximum absolute atomic E-state index is 6.23. The van der Waals surface area contributed by atoms with Crippen molar-refractivity contribution in [1.29, 1.82) is 0 Å². The molecule has 2 atom stereocenters. The Bertz CT molecular complexity index is 405. The molecular formula is C15H23ClN2. The van der Waals surface area contributed by atoms with Crippen LogP contribution in [0.4, 0.5) is 5.69 Å². The van der Waals surface area contributed by atoms with Crippen molar-refractivity contribution in [2.24, 2.45) is 11.7 Å². The molecule has 0 radical (unpaired) electrons. The maximum atomic E-state index is 6.23. The van der Waals surface area contributed by atoms with Crippen molar-refractivity contribution in [2.45, 2.75) is 45.2 Å². The highest BCUT2D eigenvalue weighted by atomic mass is 35.5. The van der Waals surface area contributed by atoms with Crippen LogP contribution in [0, 0.1) is 5.92 Å². The predicted octanol–water partition coefficient (Wildman–Crippen LogP) is 3.81. The van der Waals surface area contributed by atoms with Crippen LogP contribution in [0.5, 0.6) is 0 Å². The third kappa shape index (κ3) is 2.81. The Morgan fingerprint density at radius 3 is 2.83 bits per heavy atom. The van der Waals surface area contributed by atoms with Gasteiger partial charge in [-0.1, -0.05) is 37.4 Å². The zero-order valence-electron chi connectivity index (χ0n) is 11.3. The van der Waals surface area contributed by atoms with Crippen LogP contribution in [0.25, 0.3) is 0 Å². The van der Waals surface area contributed by atoms with Crippen LogP contribution >= 0.6 is 11.6 Å². The lowest BCUT2D eigenvalue weighted by Crippen LogP contribution is -2.36. The molecule has 1 aliphatic carbocycles. The van der Waals surface area contributed by atoms with Gasteiger partial charge in [-0.05, 0) is 30.9 Å². The van der Waals surface area contributed by atoms with Gasteiger partial charge >= 0.3 is 0 Å². The largest absolute Gasteiger partial charge is 0.371 e.